The molecule has 6 rings (SSSR count). The fourth-order valence-electron chi connectivity index (χ4n) is 6.20. The second-order valence-corrected chi connectivity index (χ2v) is 12.1. The molecule has 13 heteroatoms. The van der Waals surface area contributed by atoms with E-state index in [1.807, 2.05) is 24.3 Å². The first-order valence-electron chi connectivity index (χ1n) is 13.7. The number of fused-ring (bicyclic) bond motifs is 3. The Bertz CT molecular complexity index is 1640. The molecule has 0 N–H and O–H groups in total. The number of hydrogen-bond acceptors (Lipinski definition) is 10. The van der Waals surface area contributed by atoms with Gasteiger partial charge in [-0.2, -0.15) is 0 Å². The Morgan fingerprint density at radius 1 is 0.953 bits per heavy atom. The van der Waals surface area contributed by atoms with Crippen LogP contribution in [0.25, 0.3) is 0 Å². The highest BCUT2D eigenvalue weighted by Gasteiger charge is 2.53. The molecule has 2 aromatic carbocycles. The number of ether oxygens (including phenoxy) is 7. The Balaban J connectivity index is 1.42. The average molecular weight is 613 g/mol. The van der Waals surface area contributed by atoms with Gasteiger partial charge in [0.05, 0.1) is 52.8 Å². The molecule has 4 atom stereocenters. The summed E-state index contributed by atoms with van der Waals surface area (Å²) in [5.41, 5.74) is 2.42. The SMILES string of the molecule is COc1cc([C@@H]2c3cc4c(cc3[C@@H](OCCC(=NS(C)(=O)=O)n3cccc3)[C@H]3COC(=O)[C@H]23)OCO4)cc(OC)c1OC. The number of nitrogens with zero attached hydrogens (tertiary/aromatic N) is 2. The standard InChI is InChI=1S/C30H32N2O10S/c1-36-23-11-17(12-24(37-2)29(23)38-3)26-18-13-21-22(42-16-41-21)14-19(18)28(20-15-40-30(33)27(20)26)39-10-7-25(31-43(4,34)35)32-8-5-6-9-32/h5-6,8-9,11-14,20,26-28H,7,10,15-16H2,1-4H3/t20-,26+,27-,28+/m0/s1. The Kier molecular flexibility index (Phi) is 7.69. The molecular formula is C30H32N2O10S. The van der Waals surface area contributed by atoms with Gasteiger partial charge in [-0.25, -0.2) is 8.42 Å². The van der Waals surface area contributed by atoms with E-state index in [1.165, 1.54) is 7.11 Å². The molecule has 2 aliphatic heterocycles. The first-order valence-corrected chi connectivity index (χ1v) is 15.5. The number of carbonyl (C=O) groups excluding carboxylic acids is 1. The van der Waals surface area contributed by atoms with E-state index in [0.29, 0.717) is 34.6 Å². The van der Waals surface area contributed by atoms with E-state index in [-0.39, 0.29) is 38.3 Å². The van der Waals surface area contributed by atoms with Crippen LogP contribution in [0.4, 0.5) is 0 Å². The summed E-state index contributed by atoms with van der Waals surface area (Å²) in [4.78, 5) is 13.4. The summed E-state index contributed by atoms with van der Waals surface area (Å²) in [6, 6.07) is 11.0. The number of methoxy groups -OCH3 is 3. The Labute approximate surface area is 249 Å². The van der Waals surface area contributed by atoms with Crippen LogP contribution in [0.2, 0.25) is 0 Å². The molecule has 3 aromatic rings. The molecule has 1 fully saturated rings. The van der Waals surface area contributed by atoms with Crippen LogP contribution in [0.1, 0.15) is 35.1 Å². The van der Waals surface area contributed by atoms with Crippen molar-refractivity contribution >= 4 is 21.8 Å². The lowest BCUT2D eigenvalue weighted by Gasteiger charge is -2.39. The third-order valence-electron chi connectivity index (χ3n) is 7.96. The van der Waals surface area contributed by atoms with Crippen molar-refractivity contribution in [2.75, 3.05) is 47.6 Å². The van der Waals surface area contributed by atoms with Gasteiger partial charge in [-0.3, -0.25) is 4.79 Å². The minimum atomic E-state index is -3.65. The van der Waals surface area contributed by atoms with Crippen molar-refractivity contribution in [3.8, 4) is 28.7 Å². The molecule has 3 heterocycles. The smallest absolute Gasteiger partial charge is 0.310 e. The van der Waals surface area contributed by atoms with Crippen LogP contribution < -0.4 is 23.7 Å². The minimum Gasteiger partial charge on any atom is -0.493 e. The topological polar surface area (TPSA) is 133 Å². The van der Waals surface area contributed by atoms with E-state index in [2.05, 4.69) is 4.40 Å². The molecule has 1 aliphatic carbocycles. The van der Waals surface area contributed by atoms with Crippen molar-refractivity contribution in [3.63, 3.8) is 0 Å². The summed E-state index contributed by atoms with van der Waals surface area (Å²) < 4.78 is 70.0. The molecule has 228 valence electrons. The quantitative estimate of drug-likeness (QED) is 0.201. The maximum Gasteiger partial charge on any atom is 0.310 e. The number of carbonyl (C=O) groups is 1. The molecule has 0 radical (unpaired) electrons. The number of hydrogen-bond donors (Lipinski definition) is 0. The van der Waals surface area contributed by atoms with Gasteiger partial charge in [0, 0.05) is 30.7 Å². The second kappa shape index (κ2) is 11.5. The van der Waals surface area contributed by atoms with Gasteiger partial charge in [0.2, 0.25) is 12.5 Å². The molecule has 1 saturated heterocycles. The largest absolute Gasteiger partial charge is 0.493 e. The zero-order chi connectivity index (χ0) is 30.3. The van der Waals surface area contributed by atoms with Crippen LogP contribution in [0.15, 0.2) is 53.2 Å². The Hall–Kier alpha value is -4.23. The lowest BCUT2D eigenvalue weighted by atomic mass is 9.66. The lowest BCUT2D eigenvalue weighted by Crippen LogP contribution is -2.36. The normalized spacial score (nSPS) is 22.5. The van der Waals surface area contributed by atoms with E-state index in [1.54, 1.807) is 43.3 Å². The summed E-state index contributed by atoms with van der Waals surface area (Å²) in [7, 11) is 0.966. The van der Waals surface area contributed by atoms with Gasteiger partial charge in [0.15, 0.2) is 23.0 Å². The molecule has 0 saturated carbocycles. The molecule has 1 aromatic heterocycles. The van der Waals surface area contributed by atoms with Gasteiger partial charge in [-0.15, -0.1) is 4.40 Å². The third-order valence-corrected chi connectivity index (χ3v) is 8.50. The molecule has 3 aliphatic rings. The van der Waals surface area contributed by atoms with E-state index in [4.69, 9.17) is 33.2 Å². The van der Waals surface area contributed by atoms with Crippen LogP contribution in [-0.2, 0) is 24.3 Å². The maximum absolute atomic E-state index is 13.4. The molecule has 0 amide bonds. The number of aromatic nitrogens is 1. The van der Waals surface area contributed by atoms with Gasteiger partial charge in [-0.1, -0.05) is 0 Å². The van der Waals surface area contributed by atoms with Crippen molar-refractivity contribution in [2.24, 2.45) is 16.2 Å². The Morgan fingerprint density at radius 3 is 2.21 bits per heavy atom. The zero-order valence-corrected chi connectivity index (χ0v) is 25.0. The van der Waals surface area contributed by atoms with Crippen molar-refractivity contribution in [1.82, 2.24) is 4.57 Å². The van der Waals surface area contributed by atoms with Gasteiger partial charge < -0.3 is 37.7 Å². The van der Waals surface area contributed by atoms with Crippen LogP contribution >= 0.6 is 0 Å². The van der Waals surface area contributed by atoms with Crippen LogP contribution in [-0.4, -0.2) is 72.4 Å². The minimum absolute atomic E-state index is 0.0791. The van der Waals surface area contributed by atoms with E-state index < -0.39 is 28.0 Å². The maximum atomic E-state index is 13.4. The predicted molar refractivity (Wildman–Crippen MR) is 154 cm³/mol. The van der Waals surface area contributed by atoms with Crippen molar-refractivity contribution in [1.29, 1.82) is 0 Å². The highest BCUT2D eigenvalue weighted by Crippen LogP contribution is 2.56. The zero-order valence-electron chi connectivity index (χ0n) is 24.1. The van der Waals surface area contributed by atoms with E-state index >= 15 is 0 Å². The lowest BCUT2D eigenvalue weighted by molar-refractivity contribution is -0.141. The summed E-state index contributed by atoms with van der Waals surface area (Å²) in [5, 5.41) is 0. The summed E-state index contributed by atoms with van der Waals surface area (Å²) >= 11 is 0. The number of sulfonamides is 1. The van der Waals surface area contributed by atoms with Gasteiger partial charge in [-0.05, 0) is 53.1 Å². The summed E-state index contributed by atoms with van der Waals surface area (Å²) in [6.45, 7) is 0.373. The highest BCUT2D eigenvalue weighted by atomic mass is 32.2. The number of esters is 1. The molecule has 0 spiro atoms. The molecule has 12 nitrogen and oxygen atoms in total. The van der Waals surface area contributed by atoms with Crippen LogP contribution in [0.3, 0.4) is 0 Å². The Morgan fingerprint density at radius 2 is 1.60 bits per heavy atom. The van der Waals surface area contributed by atoms with Crippen LogP contribution in [0, 0.1) is 11.8 Å². The first kappa shape index (κ1) is 28.9. The fraction of sp³-hybridized carbons (Fsp3) is 0.400. The van der Waals surface area contributed by atoms with Crippen molar-refractivity contribution < 1.29 is 46.4 Å². The number of rotatable bonds is 9. The van der Waals surface area contributed by atoms with Gasteiger partial charge in [0.1, 0.15) is 5.84 Å². The predicted octanol–water partition coefficient (Wildman–Crippen LogP) is 3.53. The molecule has 0 bridgehead atoms. The average Bonchev–Trinajstić information content (AvgIpc) is 3.76. The van der Waals surface area contributed by atoms with Gasteiger partial charge in [0.25, 0.3) is 10.0 Å². The van der Waals surface area contributed by atoms with Crippen molar-refractivity contribution in [3.05, 3.63) is 65.5 Å². The van der Waals surface area contributed by atoms with E-state index in [9.17, 15) is 13.2 Å². The molecule has 0 unspecified atom stereocenters. The third kappa shape index (κ3) is 5.38. The highest BCUT2D eigenvalue weighted by molar-refractivity contribution is 7.89. The molecular weight excluding hydrogens is 580 g/mol. The second-order valence-electron chi connectivity index (χ2n) is 10.5. The van der Waals surface area contributed by atoms with Gasteiger partial charge >= 0.3 is 5.97 Å². The first-order chi connectivity index (χ1) is 20.7. The number of benzene rings is 2. The molecule has 43 heavy (non-hydrogen) atoms. The monoisotopic (exact) mass is 612 g/mol. The fourth-order valence-corrected chi connectivity index (χ4v) is 6.77. The van der Waals surface area contributed by atoms with Crippen LogP contribution in [0.5, 0.6) is 28.7 Å². The summed E-state index contributed by atoms with van der Waals surface area (Å²) in [5.74, 6) is 1.11. The van der Waals surface area contributed by atoms with E-state index in [0.717, 1.165) is 22.9 Å². The van der Waals surface area contributed by atoms with Crippen molar-refractivity contribution in [2.45, 2.75) is 18.4 Å². The number of cyclic esters (lactones) is 1. The summed E-state index contributed by atoms with van der Waals surface area (Å²) in [6.07, 6.45) is 4.15.